The molecule has 0 unspecified atom stereocenters. The molecule has 1 amide bonds. The summed E-state index contributed by atoms with van der Waals surface area (Å²) in [5.41, 5.74) is 3.41. The van der Waals surface area contributed by atoms with Crippen LogP contribution in [0, 0.1) is 11.8 Å². The molecule has 0 heterocycles. The highest BCUT2D eigenvalue weighted by Gasteiger charge is 2.33. The monoisotopic (exact) mass is 328 g/mol. The minimum absolute atomic E-state index is 0.00687. The summed E-state index contributed by atoms with van der Waals surface area (Å²) in [6.07, 6.45) is 2.62. The van der Waals surface area contributed by atoms with E-state index in [1.165, 1.54) is 5.56 Å². The van der Waals surface area contributed by atoms with E-state index in [0.717, 1.165) is 24.0 Å². The van der Waals surface area contributed by atoms with Gasteiger partial charge in [0.05, 0.1) is 0 Å². The van der Waals surface area contributed by atoms with Gasteiger partial charge in [0, 0.05) is 23.8 Å². The Balaban J connectivity index is 1.93. The second-order valence-electron chi connectivity index (χ2n) is 6.93. The molecule has 2 rings (SSSR count). The van der Waals surface area contributed by atoms with E-state index in [4.69, 9.17) is 0 Å². The Labute approximate surface area is 144 Å². The van der Waals surface area contributed by atoms with Crippen molar-refractivity contribution in [1.29, 1.82) is 0 Å². The fraction of sp³-hybridized carbons (Fsp3) is 0.500. The van der Waals surface area contributed by atoms with Crippen molar-refractivity contribution in [2.45, 2.75) is 52.5 Å². The van der Waals surface area contributed by atoms with Crippen molar-refractivity contribution in [2.24, 2.45) is 11.8 Å². The lowest BCUT2D eigenvalue weighted by molar-refractivity contribution is -0.313. The molecule has 1 aromatic rings. The summed E-state index contributed by atoms with van der Waals surface area (Å²) in [4.78, 5) is 24.0. The zero-order valence-corrected chi connectivity index (χ0v) is 14.7. The molecule has 4 nitrogen and oxygen atoms in total. The first-order valence-electron chi connectivity index (χ1n) is 8.59. The number of benzene rings is 1. The average molecular weight is 328 g/mol. The Morgan fingerprint density at radius 3 is 2.29 bits per heavy atom. The summed E-state index contributed by atoms with van der Waals surface area (Å²) < 4.78 is 0. The van der Waals surface area contributed by atoms with E-state index in [-0.39, 0.29) is 11.9 Å². The summed E-state index contributed by atoms with van der Waals surface area (Å²) in [5.74, 6) is -2.55. The molecule has 4 heteroatoms. The van der Waals surface area contributed by atoms with Gasteiger partial charge in [-0.2, -0.15) is 0 Å². The Hall–Kier alpha value is -2.10. The fourth-order valence-corrected chi connectivity index (χ4v) is 3.27. The first-order chi connectivity index (χ1) is 11.4. The van der Waals surface area contributed by atoms with Crippen molar-refractivity contribution in [1.82, 2.24) is 5.32 Å². The molecule has 24 heavy (non-hydrogen) atoms. The highest BCUT2D eigenvalue weighted by Crippen LogP contribution is 2.34. The highest BCUT2D eigenvalue weighted by atomic mass is 16.4. The number of aliphatic carboxylic acids is 1. The van der Waals surface area contributed by atoms with Gasteiger partial charge in [0.15, 0.2) is 0 Å². The van der Waals surface area contributed by atoms with Crippen molar-refractivity contribution in [3.63, 3.8) is 0 Å². The molecule has 0 saturated carbocycles. The largest absolute Gasteiger partial charge is 0.550 e. The molecule has 130 valence electrons. The van der Waals surface area contributed by atoms with E-state index in [0.29, 0.717) is 12.8 Å². The van der Waals surface area contributed by atoms with E-state index in [1.807, 2.05) is 39.0 Å². The van der Waals surface area contributed by atoms with Crippen LogP contribution in [-0.2, 0) is 16.0 Å². The minimum atomic E-state index is -1.13. The lowest BCUT2D eigenvalue weighted by atomic mass is 9.76. The van der Waals surface area contributed by atoms with Crippen LogP contribution in [0.2, 0.25) is 0 Å². The summed E-state index contributed by atoms with van der Waals surface area (Å²) in [7, 11) is 0. The Morgan fingerprint density at radius 2 is 1.71 bits per heavy atom. The Morgan fingerprint density at radius 1 is 1.12 bits per heavy atom. The molecule has 1 aliphatic rings. The SMILES string of the molecule is CC1=C(C)C[C@@H](C(=O)[O-])[C@@H](C(=O)N[C@@H](C)CCc2ccccc2)C1. The van der Waals surface area contributed by atoms with E-state index >= 15 is 0 Å². The normalized spacial score (nSPS) is 22.1. The van der Waals surface area contributed by atoms with Crippen molar-refractivity contribution in [2.75, 3.05) is 0 Å². The quantitative estimate of drug-likeness (QED) is 0.814. The summed E-state index contributed by atoms with van der Waals surface area (Å²) >= 11 is 0. The number of allylic oxidation sites excluding steroid dienone is 2. The number of carbonyl (C=O) groups excluding carboxylic acids is 2. The van der Waals surface area contributed by atoms with Crippen LogP contribution in [-0.4, -0.2) is 17.9 Å². The van der Waals surface area contributed by atoms with Gasteiger partial charge in [-0.05, 0) is 52.0 Å². The lowest BCUT2D eigenvalue weighted by Crippen LogP contribution is -2.46. The first-order valence-corrected chi connectivity index (χ1v) is 8.59. The molecule has 0 spiro atoms. The Bertz CT molecular complexity index is 621. The van der Waals surface area contributed by atoms with Gasteiger partial charge in [-0.3, -0.25) is 4.79 Å². The highest BCUT2D eigenvalue weighted by molar-refractivity contribution is 5.85. The van der Waals surface area contributed by atoms with Gasteiger partial charge in [0.1, 0.15) is 0 Å². The zero-order chi connectivity index (χ0) is 17.7. The van der Waals surface area contributed by atoms with Crippen LogP contribution < -0.4 is 10.4 Å². The van der Waals surface area contributed by atoms with Crippen LogP contribution in [0.1, 0.15) is 45.6 Å². The van der Waals surface area contributed by atoms with Gasteiger partial charge in [-0.25, -0.2) is 0 Å². The maximum absolute atomic E-state index is 12.6. The minimum Gasteiger partial charge on any atom is -0.550 e. The maximum Gasteiger partial charge on any atom is 0.224 e. The lowest BCUT2D eigenvalue weighted by Gasteiger charge is -2.33. The molecular weight excluding hydrogens is 302 g/mol. The van der Waals surface area contributed by atoms with Crippen molar-refractivity contribution < 1.29 is 14.7 Å². The van der Waals surface area contributed by atoms with Crippen LogP contribution in [0.25, 0.3) is 0 Å². The van der Waals surface area contributed by atoms with Crippen molar-refractivity contribution >= 4 is 11.9 Å². The second-order valence-corrected chi connectivity index (χ2v) is 6.93. The molecule has 0 saturated heterocycles. The molecule has 0 aliphatic heterocycles. The van der Waals surface area contributed by atoms with E-state index in [2.05, 4.69) is 17.4 Å². The van der Waals surface area contributed by atoms with Gasteiger partial charge in [0.2, 0.25) is 5.91 Å². The van der Waals surface area contributed by atoms with Gasteiger partial charge in [-0.1, -0.05) is 41.5 Å². The van der Waals surface area contributed by atoms with Crippen LogP contribution >= 0.6 is 0 Å². The molecular formula is C20H26NO3-. The third-order valence-corrected chi connectivity index (χ3v) is 5.00. The van der Waals surface area contributed by atoms with Crippen molar-refractivity contribution in [3.05, 3.63) is 47.0 Å². The van der Waals surface area contributed by atoms with Crippen LogP contribution in [0.4, 0.5) is 0 Å². The smallest absolute Gasteiger partial charge is 0.224 e. The topological polar surface area (TPSA) is 69.2 Å². The van der Waals surface area contributed by atoms with Crippen LogP contribution in [0.5, 0.6) is 0 Å². The number of carbonyl (C=O) groups is 2. The third-order valence-electron chi connectivity index (χ3n) is 5.00. The van der Waals surface area contributed by atoms with Crippen LogP contribution in [0.15, 0.2) is 41.5 Å². The number of nitrogens with one attached hydrogen (secondary N) is 1. The molecule has 0 radical (unpaired) electrons. The number of aryl methyl sites for hydroxylation is 1. The predicted octanol–water partition coefficient (Wildman–Crippen LogP) is 2.24. The molecule has 1 aliphatic carbocycles. The standard InChI is InChI=1S/C20H27NO3/c1-13-11-17(18(20(23)24)12-14(13)2)19(22)21-15(3)9-10-16-7-5-4-6-8-16/h4-8,15,17-18H,9-12H2,1-3H3,(H,21,22)(H,23,24)/p-1/t15-,17-,18+/m0/s1. The van der Waals surface area contributed by atoms with Gasteiger partial charge < -0.3 is 15.2 Å². The number of carboxylic acid groups (broad SMARTS) is 1. The molecule has 1 aromatic carbocycles. The summed E-state index contributed by atoms with van der Waals surface area (Å²) in [5, 5.41) is 14.4. The fourth-order valence-electron chi connectivity index (χ4n) is 3.27. The summed E-state index contributed by atoms with van der Waals surface area (Å²) in [6.45, 7) is 5.87. The van der Waals surface area contributed by atoms with Crippen molar-refractivity contribution in [3.8, 4) is 0 Å². The second kappa shape index (κ2) is 8.13. The number of carboxylic acids is 1. The maximum atomic E-state index is 12.6. The molecule has 1 N–H and O–H groups in total. The number of hydrogen-bond acceptors (Lipinski definition) is 3. The van der Waals surface area contributed by atoms with Gasteiger partial charge in [-0.15, -0.1) is 0 Å². The average Bonchev–Trinajstić information content (AvgIpc) is 2.55. The number of hydrogen-bond donors (Lipinski definition) is 1. The van der Waals surface area contributed by atoms with E-state index in [9.17, 15) is 14.7 Å². The third kappa shape index (κ3) is 4.70. The number of rotatable bonds is 6. The van der Waals surface area contributed by atoms with Crippen LogP contribution in [0.3, 0.4) is 0 Å². The van der Waals surface area contributed by atoms with E-state index in [1.54, 1.807) is 0 Å². The van der Waals surface area contributed by atoms with E-state index < -0.39 is 17.8 Å². The van der Waals surface area contributed by atoms with Gasteiger partial charge >= 0.3 is 0 Å². The summed E-state index contributed by atoms with van der Waals surface area (Å²) in [6, 6.07) is 10.1. The predicted molar refractivity (Wildman–Crippen MR) is 92.0 cm³/mol. The Kier molecular flexibility index (Phi) is 6.18. The molecule has 0 fully saturated rings. The van der Waals surface area contributed by atoms with Gasteiger partial charge in [0.25, 0.3) is 0 Å². The first kappa shape index (κ1) is 18.2. The molecule has 0 aromatic heterocycles. The zero-order valence-electron chi connectivity index (χ0n) is 14.7. The molecule has 0 bridgehead atoms. The number of amides is 1. The molecule has 3 atom stereocenters.